The van der Waals surface area contributed by atoms with Gasteiger partial charge in [-0.15, -0.1) is 0 Å². The maximum atomic E-state index is 7.38. The molecule has 0 bridgehead atoms. The Kier molecular flexibility index (Phi) is 9.38. The van der Waals surface area contributed by atoms with Gasteiger partial charge in [0.2, 0.25) is 0 Å². The fourth-order valence-corrected chi connectivity index (χ4v) is 14.9. The molecule has 0 fully saturated rings. The van der Waals surface area contributed by atoms with Crippen LogP contribution >= 0.6 is 0 Å². The molecule has 78 heavy (non-hydrogen) atoms. The molecule has 6 aliphatic heterocycles. The average Bonchev–Trinajstić information content (AvgIpc) is 2.46. The van der Waals surface area contributed by atoms with E-state index in [0.717, 1.165) is 129 Å². The standard InChI is InChI=1S/C69H52B3NO5/c1-35-21-38(4)64(39(5)22-35)44-27-60-67-62(29-44)77-57-33-53-48(31-49(57)70(67)46-15-10-12-18-54(46)74-60)72-51-32-50-59(34-58(51)76-56-20-14-17-52(66(56)72)73(53)69-42(8)25-37(3)26-43(69)9)78-63-30-45(65-40(6)23-36(2)24-41(65)7)28-61-68(63)71(50)47-16-11-13-19-55(47)75-61/h10-34H,1-9H3. The SMILES string of the molecule is Cc1cc(C)c(-c2cc3c4c(c2)Oc2cc5c(cc2B4c2ccccc2O3)B2c3cc4c(cc3N(c3c(C)cc(C)cc3C)c3cccc(c32)O5)Oc2cc(-c3c(C)cc(C)cc3C)cc3c2B4c2ccccc2O3)c(C)c1. The zero-order valence-corrected chi connectivity index (χ0v) is 45.2. The lowest BCUT2D eigenvalue weighted by Crippen LogP contribution is -2.64. The van der Waals surface area contributed by atoms with Crippen LogP contribution in [0.2, 0.25) is 0 Å². The van der Waals surface area contributed by atoms with E-state index in [1.54, 1.807) is 0 Å². The Morgan fingerprint density at radius 3 is 1.15 bits per heavy atom. The highest BCUT2D eigenvalue weighted by Gasteiger charge is 2.49. The van der Waals surface area contributed by atoms with E-state index < -0.39 is 0 Å². The number of rotatable bonds is 3. The van der Waals surface area contributed by atoms with Gasteiger partial charge in [0.25, 0.3) is 20.1 Å². The third-order valence-electron chi connectivity index (χ3n) is 17.5. The fraction of sp³-hybridized carbons (Fsp3) is 0.130. The Bertz CT molecular complexity index is 4340. The number of nitrogens with zero attached hydrogens (tertiary/aromatic N) is 1. The maximum Gasteiger partial charge on any atom is 0.260 e. The first-order valence-corrected chi connectivity index (χ1v) is 27.3. The van der Waals surface area contributed by atoms with Crippen molar-refractivity contribution in [3.05, 3.63) is 202 Å². The molecule has 0 spiro atoms. The highest BCUT2D eigenvalue weighted by Crippen LogP contribution is 2.48. The molecular formula is C69H52B3NO5. The van der Waals surface area contributed by atoms with E-state index in [9.17, 15) is 0 Å². The normalized spacial score (nSPS) is 13.9. The van der Waals surface area contributed by atoms with E-state index in [1.807, 2.05) is 0 Å². The molecule has 6 aliphatic rings. The summed E-state index contributed by atoms with van der Waals surface area (Å²) in [5.41, 5.74) is 28.8. The molecule has 0 saturated heterocycles. The number of hydrogen-bond donors (Lipinski definition) is 0. The van der Waals surface area contributed by atoms with Crippen molar-refractivity contribution >= 4 is 86.4 Å². The van der Waals surface area contributed by atoms with E-state index in [-0.39, 0.29) is 20.1 Å². The van der Waals surface area contributed by atoms with Crippen molar-refractivity contribution in [2.45, 2.75) is 62.3 Å². The first-order valence-electron chi connectivity index (χ1n) is 27.3. The van der Waals surface area contributed by atoms with E-state index in [4.69, 9.17) is 23.7 Å². The molecule has 0 saturated carbocycles. The number of hydrogen-bond acceptors (Lipinski definition) is 6. The zero-order chi connectivity index (χ0) is 52.7. The number of ether oxygens (including phenoxy) is 5. The molecule has 10 aromatic carbocycles. The van der Waals surface area contributed by atoms with Crippen LogP contribution in [0, 0.1) is 62.3 Å². The van der Waals surface area contributed by atoms with Gasteiger partial charge >= 0.3 is 0 Å². The predicted molar refractivity (Wildman–Crippen MR) is 321 cm³/mol. The molecule has 0 atom stereocenters. The van der Waals surface area contributed by atoms with Gasteiger partial charge in [0.05, 0.1) is 5.69 Å². The quantitative estimate of drug-likeness (QED) is 0.164. The number of benzene rings is 10. The maximum absolute atomic E-state index is 7.38. The molecule has 9 heteroatoms. The van der Waals surface area contributed by atoms with Gasteiger partial charge in [-0.25, -0.2) is 0 Å². The summed E-state index contributed by atoms with van der Waals surface area (Å²) < 4.78 is 35.7. The second-order valence-electron chi connectivity index (χ2n) is 22.9. The van der Waals surface area contributed by atoms with Crippen LogP contribution in [-0.2, 0) is 0 Å². The minimum absolute atomic E-state index is 0.153. The lowest BCUT2D eigenvalue weighted by atomic mass is 9.30. The molecule has 0 N–H and O–H groups in total. The molecule has 10 aromatic rings. The summed E-state index contributed by atoms with van der Waals surface area (Å²) in [7, 11) is 0. The third-order valence-corrected chi connectivity index (χ3v) is 17.5. The van der Waals surface area contributed by atoms with Crippen LogP contribution in [0.25, 0.3) is 22.3 Å². The highest BCUT2D eigenvalue weighted by molar-refractivity contribution is 7.03. The minimum atomic E-state index is -0.218. The summed E-state index contributed by atoms with van der Waals surface area (Å²) in [6.07, 6.45) is 0. The molecule has 6 heterocycles. The fourth-order valence-electron chi connectivity index (χ4n) is 14.9. The lowest BCUT2D eigenvalue weighted by molar-refractivity contribution is 0.456. The number of aryl methyl sites for hydroxylation is 9. The van der Waals surface area contributed by atoms with Crippen molar-refractivity contribution in [1.29, 1.82) is 0 Å². The van der Waals surface area contributed by atoms with Gasteiger partial charge < -0.3 is 28.6 Å². The Balaban J connectivity index is 0.933. The molecule has 0 amide bonds. The van der Waals surface area contributed by atoms with Gasteiger partial charge in [-0.3, -0.25) is 0 Å². The summed E-state index contributed by atoms with van der Waals surface area (Å²) in [6, 6.07) is 55.5. The Morgan fingerprint density at radius 1 is 0.282 bits per heavy atom. The van der Waals surface area contributed by atoms with Crippen LogP contribution in [-0.4, -0.2) is 20.1 Å². The van der Waals surface area contributed by atoms with E-state index in [2.05, 4.69) is 219 Å². The van der Waals surface area contributed by atoms with Crippen LogP contribution < -0.4 is 77.7 Å². The van der Waals surface area contributed by atoms with Gasteiger partial charge in [-0.1, -0.05) is 108 Å². The van der Waals surface area contributed by atoms with Crippen molar-refractivity contribution in [3.8, 4) is 79.7 Å². The van der Waals surface area contributed by atoms with Crippen LogP contribution in [0.5, 0.6) is 57.5 Å². The van der Waals surface area contributed by atoms with Crippen molar-refractivity contribution < 1.29 is 23.7 Å². The summed E-state index contributed by atoms with van der Waals surface area (Å²) in [6.45, 7) is 19.2. The summed E-state index contributed by atoms with van der Waals surface area (Å²) >= 11 is 0. The van der Waals surface area contributed by atoms with E-state index >= 15 is 0 Å². The number of fused-ring (bicyclic) bond motifs is 12. The molecule has 372 valence electrons. The van der Waals surface area contributed by atoms with Crippen LogP contribution in [0.15, 0.2) is 152 Å². The number of para-hydroxylation sites is 2. The second-order valence-corrected chi connectivity index (χ2v) is 22.9. The predicted octanol–water partition coefficient (Wildman–Crippen LogP) is 11.7. The topological polar surface area (TPSA) is 49.4 Å². The van der Waals surface area contributed by atoms with Crippen molar-refractivity contribution in [2.24, 2.45) is 0 Å². The van der Waals surface area contributed by atoms with E-state index in [0.29, 0.717) is 0 Å². The van der Waals surface area contributed by atoms with Gasteiger partial charge in [0, 0.05) is 34.4 Å². The smallest absolute Gasteiger partial charge is 0.260 e. The Morgan fingerprint density at radius 2 is 0.667 bits per heavy atom. The van der Waals surface area contributed by atoms with Crippen molar-refractivity contribution in [3.63, 3.8) is 0 Å². The third kappa shape index (κ3) is 6.36. The highest BCUT2D eigenvalue weighted by atomic mass is 16.5. The van der Waals surface area contributed by atoms with Gasteiger partial charge in [0.1, 0.15) is 57.5 Å². The molecule has 16 rings (SSSR count). The monoisotopic (exact) mass is 1010 g/mol. The largest absolute Gasteiger partial charge is 0.458 e. The Labute approximate surface area is 456 Å². The summed E-state index contributed by atoms with van der Waals surface area (Å²) in [5, 5.41) is 0. The summed E-state index contributed by atoms with van der Waals surface area (Å²) in [5.74, 6) is 8.20. The summed E-state index contributed by atoms with van der Waals surface area (Å²) in [4.78, 5) is 2.48. The molecule has 0 aliphatic carbocycles. The molecule has 0 radical (unpaired) electrons. The van der Waals surface area contributed by atoms with Gasteiger partial charge in [0.15, 0.2) is 0 Å². The van der Waals surface area contributed by atoms with Gasteiger partial charge in [-0.2, -0.15) is 0 Å². The van der Waals surface area contributed by atoms with Crippen molar-refractivity contribution in [2.75, 3.05) is 4.90 Å². The van der Waals surface area contributed by atoms with Crippen LogP contribution in [0.3, 0.4) is 0 Å². The molecule has 0 unspecified atom stereocenters. The van der Waals surface area contributed by atoms with Crippen LogP contribution in [0.4, 0.5) is 17.1 Å². The van der Waals surface area contributed by atoms with E-state index in [1.165, 1.54) is 66.7 Å². The molecule has 0 aromatic heterocycles. The first-order chi connectivity index (χ1) is 37.8. The lowest BCUT2D eigenvalue weighted by Gasteiger charge is -2.43. The van der Waals surface area contributed by atoms with Crippen molar-refractivity contribution in [1.82, 2.24) is 0 Å². The Hall–Kier alpha value is -8.81. The average molecular weight is 1010 g/mol. The van der Waals surface area contributed by atoms with Crippen LogP contribution in [0.1, 0.15) is 50.1 Å². The number of anilines is 3. The van der Waals surface area contributed by atoms with Gasteiger partial charge in [-0.05, 0) is 205 Å². The molecular weight excluding hydrogens is 955 g/mol. The molecule has 6 nitrogen and oxygen atoms in total. The minimum Gasteiger partial charge on any atom is -0.458 e. The second kappa shape index (κ2) is 16.1. The zero-order valence-electron chi connectivity index (χ0n) is 45.2. The first kappa shape index (κ1) is 45.4.